The lowest BCUT2D eigenvalue weighted by Crippen LogP contribution is -2.41. The quantitative estimate of drug-likeness (QED) is 0.353. The zero-order chi connectivity index (χ0) is 27.5. The molecule has 0 radical (unpaired) electrons. The van der Waals surface area contributed by atoms with Gasteiger partial charge in [-0.3, -0.25) is 4.79 Å². The number of carbonyl (C=O) groups is 1. The Balaban J connectivity index is 1.67. The summed E-state index contributed by atoms with van der Waals surface area (Å²) < 4.78 is 56.2. The number of aromatic nitrogens is 2. The lowest BCUT2D eigenvalue weighted by atomic mass is 10.1. The molecule has 1 saturated heterocycles. The largest absolute Gasteiger partial charge is 0.494 e. The first kappa shape index (κ1) is 28.0. The minimum atomic E-state index is -4.00. The highest BCUT2D eigenvalue weighted by Gasteiger charge is 2.36. The molecule has 1 fully saturated rings. The number of amides is 1. The van der Waals surface area contributed by atoms with Gasteiger partial charge < -0.3 is 9.64 Å². The van der Waals surface area contributed by atoms with Crippen molar-refractivity contribution in [2.45, 2.75) is 43.8 Å². The molecule has 0 spiro atoms. The molecule has 0 aliphatic carbocycles. The third-order valence-corrected chi connectivity index (χ3v) is 9.78. The molecule has 1 amide bonds. The van der Waals surface area contributed by atoms with Crippen molar-refractivity contribution in [3.05, 3.63) is 82.1 Å². The van der Waals surface area contributed by atoms with Crippen molar-refractivity contribution in [3.63, 3.8) is 0 Å². The molecule has 38 heavy (non-hydrogen) atoms. The Hall–Kier alpha value is -3.02. The van der Waals surface area contributed by atoms with Gasteiger partial charge in [0.1, 0.15) is 5.75 Å². The summed E-state index contributed by atoms with van der Waals surface area (Å²) >= 11 is 6.29. The summed E-state index contributed by atoms with van der Waals surface area (Å²) in [6, 6.07) is 13.5. The molecule has 0 bridgehead atoms. The third kappa shape index (κ3) is 6.51. The number of hydrogen-bond acceptors (Lipinski definition) is 8. The van der Waals surface area contributed by atoms with Crippen molar-refractivity contribution < 1.29 is 26.4 Å². The van der Waals surface area contributed by atoms with Crippen LogP contribution in [0.15, 0.2) is 59.9 Å². The number of ether oxygens (including phenoxy) is 1. The van der Waals surface area contributed by atoms with E-state index in [1.54, 1.807) is 49.4 Å². The number of aryl methyl sites for hydroxylation is 1. The Bertz CT molecular complexity index is 1540. The van der Waals surface area contributed by atoms with Crippen LogP contribution >= 0.6 is 11.6 Å². The van der Waals surface area contributed by atoms with Crippen LogP contribution in [0.3, 0.4) is 0 Å². The number of hydrogen-bond donors (Lipinski definition) is 0. The fraction of sp³-hybridized carbons (Fsp3) is 0.346. The maximum Gasteiger partial charge on any atom is 0.274 e. The van der Waals surface area contributed by atoms with Crippen molar-refractivity contribution in [2.75, 3.05) is 18.1 Å². The fourth-order valence-electron chi connectivity index (χ4n) is 4.27. The van der Waals surface area contributed by atoms with Crippen molar-refractivity contribution in [1.82, 2.24) is 14.9 Å². The van der Waals surface area contributed by atoms with Gasteiger partial charge in [-0.2, -0.15) is 0 Å². The molecule has 9 nitrogen and oxygen atoms in total. The van der Waals surface area contributed by atoms with E-state index in [0.717, 1.165) is 17.3 Å². The van der Waals surface area contributed by atoms with E-state index in [1.807, 2.05) is 13.0 Å². The van der Waals surface area contributed by atoms with Crippen LogP contribution in [-0.4, -0.2) is 61.8 Å². The van der Waals surface area contributed by atoms with Crippen LogP contribution in [0.2, 0.25) is 5.02 Å². The van der Waals surface area contributed by atoms with Gasteiger partial charge in [0.2, 0.25) is 15.0 Å². The molecule has 1 atom stereocenters. The monoisotopic (exact) mass is 577 g/mol. The first-order valence-corrected chi connectivity index (χ1v) is 15.9. The molecule has 202 valence electrons. The molecule has 0 saturated carbocycles. The van der Waals surface area contributed by atoms with Crippen LogP contribution < -0.4 is 4.74 Å². The molecule has 1 aliphatic rings. The zero-order valence-electron chi connectivity index (χ0n) is 21.0. The summed E-state index contributed by atoms with van der Waals surface area (Å²) in [4.78, 5) is 23.1. The predicted octanol–water partition coefficient (Wildman–Crippen LogP) is 3.64. The van der Waals surface area contributed by atoms with E-state index < -0.39 is 36.8 Å². The van der Waals surface area contributed by atoms with Gasteiger partial charge in [0.05, 0.1) is 35.1 Å². The van der Waals surface area contributed by atoms with E-state index in [4.69, 9.17) is 16.3 Å². The van der Waals surface area contributed by atoms with Crippen molar-refractivity contribution in [1.29, 1.82) is 0 Å². The van der Waals surface area contributed by atoms with Crippen LogP contribution in [0.4, 0.5) is 0 Å². The smallest absolute Gasteiger partial charge is 0.274 e. The number of carbonyl (C=O) groups excluding carboxylic acids is 1. The van der Waals surface area contributed by atoms with Gasteiger partial charge in [0.25, 0.3) is 5.91 Å². The standard InChI is InChI=1S/C26H28ClN3O6S2/c1-3-36-22-10-8-19(9-11-22)15-30(21-12-13-37(32,33)17-21)25(31)24-23(27)14-28-26(29-24)38(34,35)16-20-7-5-4-6-18(20)2/h4-11,14,21H,3,12-13,15-17H2,1-2H3. The summed E-state index contributed by atoms with van der Waals surface area (Å²) in [5.74, 6) is -0.582. The molecule has 1 aliphatic heterocycles. The maximum absolute atomic E-state index is 13.8. The third-order valence-electron chi connectivity index (χ3n) is 6.31. The second-order valence-electron chi connectivity index (χ2n) is 9.10. The summed E-state index contributed by atoms with van der Waals surface area (Å²) in [7, 11) is -7.32. The van der Waals surface area contributed by atoms with E-state index in [2.05, 4.69) is 9.97 Å². The first-order valence-electron chi connectivity index (χ1n) is 12.0. The van der Waals surface area contributed by atoms with Crippen LogP contribution in [0, 0.1) is 6.92 Å². The van der Waals surface area contributed by atoms with Gasteiger partial charge in [0, 0.05) is 12.6 Å². The Morgan fingerprint density at radius 2 is 1.87 bits per heavy atom. The zero-order valence-corrected chi connectivity index (χ0v) is 23.4. The lowest BCUT2D eigenvalue weighted by molar-refractivity contribution is 0.0674. The van der Waals surface area contributed by atoms with Gasteiger partial charge in [-0.25, -0.2) is 26.8 Å². The molecule has 4 rings (SSSR count). The molecular formula is C26H28ClN3O6S2. The number of benzene rings is 2. The van der Waals surface area contributed by atoms with E-state index in [1.165, 1.54) is 4.90 Å². The fourth-order valence-corrected chi connectivity index (χ4v) is 7.48. The molecular weight excluding hydrogens is 550 g/mol. The summed E-state index contributed by atoms with van der Waals surface area (Å²) in [6.45, 7) is 4.26. The lowest BCUT2D eigenvalue weighted by Gasteiger charge is -2.28. The van der Waals surface area contributed by atoms with Crippen molar-refractivity contribution >= 4 is 37.2 Å². The number of nitrogens with zero attached hydrogens (tertiary/aromatic N) is 3. The molecule has 2 heterocycles. The second kappa shape index (κ2) is 11.4. The molecule has 1 unspecified atom stereocenters. The van der Waals surface area contributed by atoms with Crippen LogP contribution in [0.25, 0.3) is 0 Å². The highest BCUT2D eigenvalue weighted by atomic mass is 35.5. The highest BCUT2D eigenvalue weighted by molar-refractivity contribution is 7.91. The Morgan fingerprint density at radius 1 is 1.16 bits per heavy atom. The Kier molecular flexibility index (Phi) is 8.39. The number of halogens is 1. The van der Waals surface area contributed by atoms with Crippen LogP contribution in [-0.2, 0) is 32.0 Å². The van der Waals surface area contributed by atoms with E-state index in [-0.39, 0.29) is 40.9 Å². The van der Waals surface area contributed by atoms with E-state index >= 15 is 0 Å². The Morgan fingerprint density at radius 3 is 2.50 bits per heavy atom. The van der Waals surface area contributed by atoms with Crippen LogP contribution in [0.5, 0.6) is 5.75 Å². The highest BCUT2D eigenvalue weighted by Crippen LogP contribution is 2.26. The average molecular weight is 578 g/mol. The number of rotatable bonds is 9. The summed E-state index contributed by atoms with van der Waals surface area (Å²) in [5, 5.41) is -0.643. The number of sulfone groups is 2. The van der Waals surface area contributed by atoms with Crippen LogP contribution in [0.1, 0.15) is 40.5 Å². The maximum atomic E-state index is 13.8. The molecule has 0 N–H and O–H groups in total. The summed E-state index contributed by atoms with van der Waals surface area (Å²) in [5.41, 5.74) is 1.83. The van der Waals surface area contributed by atoms with Gasteiger partial charge in [-0.15, -0.1) is 0 Å². The van der Waals surface area contributed by atoms with Crippen molar-refractivity contribution in [3.8, 4) is 5.75 Å². The average Bonchev–Trinajstić information content (AvgIpc) is 3.24. The van der Waals surface area contributed by atoms with E-state index in [0.29, 0.717) is 17.9 Å². The predicted molar refractivity (Wildman–Crippen MR) is 144 cm³/mol. The topological polar surface area (TPSA) is 124 Å². The minimum absolute atomic E-state index is 0.0434. The molecule has 3 aromatic rings. The molecule has 1 aromatic heterocycles. The van der Waals surface area contributed by atoms with E-state index in [9.17, 15) is 21.6 Å². The molecule has 12 heteroatoms. The van der Waals surface area contributed by atoms with Gasteiger partial charge >= 0.3 is 0 Å². The minimum Gasteiger partial charge on any atom is -0.494 e. The van der Waals surface area contributed by atoms with Gasteiger partial charge in [-0.1, -0.05) is 48.0 Å². The Labute approximate surface area is 227 Å². The van der Waals surface area contributed by atoms with Gasteiger partial charge in [-0.05, 0) is 49.1 Å². The second-order valence-corrected chi connectivity index (χ2v) is 13.6. The summed E-state index contributed by atoms with van der Waals surface area (Å²) in [6.07, 6.45) is 1.35. The molecule has 2 aromatic carbocycles. The first-order chi connectivity index (χ1) is 18.0. The van der Waals surface area contributed by atoms with Crippen molar-refractivity contribution in [2.24, 2.45) is 0 Å². The van der Waals surface area contributed by atoms with Gasteiger partial charge in [0.15, 0.2) is 15.5 Å². The normalized spacial score (nSPS) is 16.8. The SMILES string of the molecule is CCOc1ccc(CN(C(=O)c2nc(S(=O)(=O)Cc3ccccc3C)ncc2Cl)C2CCS(=O)(=O)C2)cc1.